The van der Waals surface area contributed by atoms with Crippen LogP contribution in [0.1, 0.15) is 0 Å². The number of phenols is 2. The maximum atomic E-state index is 9.22. The first-order valence-electron chi connectivity index (χ1n) is 4.91. The molecule has 0 aliphatic heterocycles. The van der Waals surface area contributed by atoms with E-state index in [9.17, 15) is 10.2 Å². The molecule has 0 amide bonds. The summed E-state index contributed by atoms with van der Waals surface area (Å²) >= 11 is 0. The van der Waals surface area contributed by atoms with Crippen LogP contribution in [0.3, 0.4) is 0 Å². The van der Waals surface area contributed by atoms with Crippen molar-refractivity contribution in [2.45, 2.75) is 9.79 Å². The number of benzene rings is 2. The van der Waals surface area contributed by atoms with Gasteiger partial charge in [-0.3, -0.25) is 0 Å². The highest BCUT2D eigenvalue weighted by Crippen LogP contribution is 2.24. The van der Waals surface area contributed by atoms with E-state index < -0.39 is 0 Å². The predicted octanol–water partition coefficient (Wildman–Crippen LogP) is 2.76. The molecule has 82 valence electrons. The van der Waals surface area contributed by atoms with E-state index in [0.717, 1.165) is 0 Å². The monoisotopic (exact) mass is 233 g/mol. The highest BCUT2D eigenvalue weighted by Gasteiger charge is 2.18. The van der Waals surface area contributed by atoms with Gasteiger partial charge in [-0.1, -0.05) is 0 Å². The van der Waals surface area contributed by atoms with Crippen LogP contribution in [0.5, 0.6) is 11.5 Å². The molecule has 0 radical (unpaired) electrons. The Morgan fingerprint density at radius 3 is 1.31 bits per heavy atom. The third kappa shape index (κ3) is 2.31. The highest BCUT2D eigenvalue weighted by atomic mass is 32.2. The van der Waals surface area contributed by atoms with Gasteiger partial charge < -0.3 is 10.2 Å². The van der Waals surface area contributed by atoms with Crippen LogP contribution in [0.25, 0.3) is 0 Å². The summed E-state index contributed by atoms with van der Waals surface area (Å²) in [6.07, 6.45) is 2.12. The zero-order valence-corrected chi connectivity index (χ0v) is 9.74. The van der Waals surface area contributed by atoms with Crippen LogP contribution in [-0.4, -0.2) is 16.5 Å². The lowest BCUT2D eigenvalue weighted by Gasteiger charge is -2.02. The molecule has 0 aliphatic rings. The molecule has 2 nitrogen and oxygen atoms in total. The lowest BCUT2D eigenvalue weighted by Crippen LogP contribution is -1.99. The van der Waals surface area contributed by atoms with Gasteiger partial charge in [0.1, 0.15) is 17.8 Å². The number of aromatic hydroxyl groups is 2. The lowest BCUT2D eigenvalue weighted by molar-refractivity contribution is 0.474. The molecule has 0 bridgehead atoms. The van der Waals surface area contributed by atoms with Gasteiger partial charge in [-0.25, -0.2) is 0 Å². The molecule has 0 aromatic heterocycles. The lowest BCUT2D eigenvalue weighted by atomic mass is 10.3. The number of phenolic OH excluding ortho intramolecular Hbond substituents is 2. The van der Waals surface area contributed by atoms with Crippen molar-refractivity contribution >= 4 is 10.9 Å². The first kappa shape index (κ1) is 10.9. The smallest absolute Gasteiger partial charge is 0.160 e. The molecule has 0 fully saturated rings. The second kappa shape index (κ2) is 4.49. The van der Waals surface area contributed by atoms with Crippen molar-refractivity contribution in [1.29, 1.82) is 0 Å². The van der Waals surface area contributed by atoms with Crippen molar-refractivity contribution in [2.24, 2.45) is 0 Å². The van der Waals surface area contributed by atoms with E-state index in [1.54, 1.807) is 24.3 Å². The molecule has 2 N–H and O–H groups in total. The number of rotatable bonds is 2. The first-order chi connectivity index (χ1) is 7.66. The van der Waals surface area contributed by atoms with E-state index in [-0.39, 0.29) is 22.4 Å². The molecule has 2 aromatic carbocycles. The fourth-order valence-corrected chi connectivity index (χ4v) is 2.80. The third-order valence-corrected chi connectivity index (χ3v) is 4.34. The van der Waals surface area contributed by atoms with Gasteiger partial charge in [-0.2, -0.15) is 0 Å². The minimum atomic E-state index is -0.0356. The third-order valence-electron chi connectivity index (χ3n) is 2.38. The SMILES string of the molecule is C[S+](c1ccc(O)cc1)c1ccc(O)cc1. The van der Waals surface area contributed by atoms with E-state index in [1.165, 1.54) is 9.79 Å². The van der Waals surface area contributed by atoms with Gasteiger partial charge in [0, 0.05) is 0 Å². The van der Waals surface area contributed by atoms with Crippen LogP contribution in [0.2, 0.25) is 0 Å². The van der Waals surface area contributed by atoms with Gasteiger partial charge >= 0.3 is 0 Å². The minimum absolute atomic E-state index is 0.0356. The van der Waals surface area contributed by atoms with Gasteiger partial charge in [-0.05, 0) is 48.5 Å². The van der Waals surface area contributed by atoms with Gasteiger partial charge in [0.25, 0.3) is 0 Å². The second-order valence-corrected chi connectivity index (χ2v) is 5.46. The highest BCUT2D eigenvalue weighted by molar-refractivity contribution is 7.96. The summed E-state index contributed by atoms with van der Waals surface area (Å²) in [5.74, 6) is 0.568. The van der Waals surface area contributed by atoms with Crippen molar-refractivity contribution < 1.29 is 10.2 Å². The van der Waals surface area contributed by atoms with E-state index in [2.05, 4.69) is 6.26 Å². The fraction of sp³-hybridized carbons (Fsp3) is 0.0769. The van der Waals surface area contributed by atoms with Crippen molar-refractivity contribution in [3.8, 4) is 11.5 Å². The van der Waals surface area contributed by atoms with Crippen LogP contribution in [0.15, 0.2) is 58.3 Å². The quantitative estimate of drug-likeness (QED) is 0.783. The topological polar surface area (TPSA) is 40.5 Å². The van der Waals surface area contributed by atoms with Crippen LogP contribution < -0.4 is 0 Å². The Balaban J connectivity index is 2.28. The zero-order chi connectivity index (χ0) is 11.5. The Kier molecular flexibility index (Phi) is 3.06. The maximum Gasteiger partial charge on any atom is 0.160 e. The Morgan fingerprint density at radius 1 is 0.688 bits per heavy atom. The summed E-state index contributed by atoms with van der Waals surface area (Å²) in [7, 11) is -0.0356. The van der Waals surface area contributed by atoms with Crippen LogP contribution >= 0.6 is 0 Å². The molecule has 0 unspecified atom stereocenters. The Hall–Kier alpha value is -1.61. The minimum Gasteiger partial charge on any atom is -0.508 e. The van der Waals surface area contributed by atoms with Gasteiger partial charge in [0.2, 0.25) is 0 Å². The standard InChI is InChI=1S/C13H12O2S/c1-16(12-6-2-10(14)3-7-12)13-8-4-11(15)5-9-13/h2-9H,1H3,(H-,14,15)/p+1. The molecule has 0 saturated carbocycles. The van der Waals surface area contributed by atoms with E-state index in [4.69, 9.17) is 0 Å². The zero-order valence-electron chi connectivity index (χ0n) is 8.92. The Labute approximate surface area is 97.5 Å². The fourth-order valence-electron chi connectivity index (χ4n) is 1.44. The van der Waals surface area contributed by atoms with Gasteiger partial charge in [0.15, 0.2) is 9.79 Å². The predicted molar refractivity (Wildman–Crippen MR) is 66.0 cm³/mol. The summed E-state index contributed by atoms with van der Waals surface area (Å²) in [4.78, 5) is 2.34. The van der Waals surface area contributed by atoms with Crippen molar-refractivity contribution in [3.63, 3.8) is 0 Å². The first-order valence-corrected chi connectivity index (χ1v) is 6.54. The van der Waals surface area contributed by atoms with Crippen LogP contribution in [-0.2, 0) is 10.9 Å². The largest absolute Gasteiger partial charge is 0.508 e. The van der Waals surface area contributed by atoms with Gasteiger partial charge in [0.05, 0.1) is 10.9 Å². The van der Waals surface area contributed by atoms with E-state index in [1.807, 2.05) is 24.3 Å². The summed E-state index contributed by atoms with van der Waals surface area (Å²) in [6, 6.07) is 14.5. The Bertz CT molecular complexity index is 417. The van der Waals surface area contributed by atoms with Crippen molar-refractivity contribution in [2.75, 3.05) is 6.26 Å². The second-order valence-electron chi connectivity index (χ2n) is 3.50. The molecule has 3 heteroatoms. The average Bonchev–Trinajstić information content (AvgIpc) is 2.30. The number of hydrogen-bond acceptors (Lipinski definition) is 2. The molecule has 0 atom stereocenters. The van der Waals surface area contributed by atoms with E-state index in [0.29, 0.717) is 0 Å². The summed E-state index contributed by atoms with van der Waals surface area (Å²) in [6.45, 7) is 0. The van der Waals surface area contributed by atoms with Crippen LogP contribution in [0.4, 0.5) is 0 Å². The summed E-state index contributed by atoms with van der Waals surface area (Å²) in [5.41, 5.74) is 0. The Morgan fingerprint density at radius 2 is 1.00 bits per heavy atom. The summed E-state index contributed by atoms with van der Waals surface area (Å²) in [5, 5.41) is 18.4. The molecule has 0 saturated heterocycles. The van der Waals surface area contributed by atoms with E-state index >= 15 is 0 Å². The normalized spacial score (nSPS) is 10.6. The molecular formula is C13H13O2S+. The molecule has 0 aliphatic carbocycles. The van der Waals surface area contributed by atoms with Crippen molar-refractivity contribution in [3.05, 3.63) is 48.5 Å². The average molecular weight is 233 g/mol. The molecular weight excluding hydrogens is 220 g/mol. The number of hydrogen-bond donors (Lipinski definition) is 2. The maximum absolute atomic E-state index is 9.22. The molecule has 0 heterocycles. The van der Waals surface area contributed by atoms with Crippen molar-refractivity contribution in [1.82, 2.24) is 0 Å². The molecule has 0 spiro atoms. The molecule has 16 heavy (non-hydrogen) atoms. The summed E-state index contributed by atoms with van der Waals surface area (Å²) < 4.78 is 0. The van der Waals surface area contributed by atoms with Crippen LogP contribution in [0, 0.1) is 0 Å². The molecule has 2 rings (SSSR count). The molecule has 2 aromatic rings. The van der Waals surface area contributed by atoms with Gasteiger partial charge in [-0.15, -0.1) is 0 Å².